The molecule has 0 radical (unpaired) electrons. The van der Waals surface area contributed by atoms with Gasteiger partial charge in [-0.05, 0) is 0 Å². The SMILES string of the molecule is COCCN[C@@H]1COC[C@H]1O. The van der Waals surface area contributed by atoms with Crippen LogP contribution in [-0.4, -0.2) is 50.7 Å². The van der Waals surface area contributed by atoms with E-state index in [1.807, 2.05) is 0 Å². The molecule has 1 aliphatic heterocycles. The minimum absolute atomic E-state index is 0.0881. The predicted octanol–water partition coefficient (Wildman–Crippen LogP) is -1.02. The van der Waals surface area contributed by atoms with Gasteiger partial charge in [0.15, 0.2) is 0 Å². The van der Waals surface area contributed by atoms with E-state index in [2.05, 4.69) is 5.32 Å². The Morgan fingerprint density at radius 3 is 3.00 bits per heavy atom. The Morgan fingerprint density at radius 2 is 2.45 bits per heavy atom. The van der Waals surface area contributed by atoms with Gasteiger partial charge in [-0.1, -0.05) is 0 Å². The molecule has 1 fully saturated rings. The molecule has 2 N–H and O–H groups in total. The number of nitrogens with one attached hydrogen (secondary N) is 1. The van der Waals surface area contributed by atoms with Gasteiger partial charge in [0, 0.05) is 13.7 Å². The highest BCUT2D eigenvalue weighted by molar-refractivity contribution is 4.80. The van der Waals surface area contributed by atoms with Crippen LogP contribution < -0.4 is 5.32 Å². The van der Waals surface area contributed by atoms with Crippen LogP contribution in [0.5, 0.6) is 0 Å². The summed E-state index contributed by atoms with van der Waals surface area (Å²) >= 11 is 0. The summed E-state index contributed by atoms with van der Waals surface area (Å²) in [6, 6.07) is 0.0881. The van der Waals surface area contributed by atoms with Gasteiger partial charge in [-0.2, -0.15) is 0 Å². The van der Waals surface area contributed by atoms with E-state index >= 15 is 0 Å². The summed E-state index contributed by atoms with van der Waals surface area (Å²) in [6.07, 6.45) is -0.355. The molecule has 1 heterocycles. The maximum atomic E-state index is 9.26. The second-order valence-corrected chi connectivity index (χ2v) is 2.66. The largest absolute Gasteiger partial charge is 0.389 e. The summed E-state index contributed by atoms with van der Waals surface area (Å²) in [5.74, 6) is 0. The van der Waals surface area contributed by atoms with Crippen LogP contribution in [0.1, 0.15) is 0 Å². The van der Waals surface area contributed by atoms with E-state index in [1.54, 1.807) is 7.11 Å². The van der Waals surface area contributed by atoms with Gasteiger partial charge in [-0.15, -0.1) is 0 Å². The van der Waals surface area contributed by atoms with Gasteiger partial charge in [0.1, 0.15) is 0 Å². The molecule has 2 atom stereocenters. The highest BCUT2D eigenvalue weighted by atomic mass is 16.5. The normalized spacial score (nSPS) is 31.1. The predicted molar refractivity (Wildman–Crippen MR) is 40.5 cm³/mol. The van der Waals surface area contributed by atoms with Crippen LogP contribution in [0.15, 0.2) is 0 Å². The Kier molecular flexibility index (Phi) is 3.79. The molecule has 0 unspecified atom stereocenters. The minimum atomic E-state index is -0.355. The lowest BCUT2D eigenvalue weighted by Gasteiger charge is -2.13. The van der Waals surface area contributed by atoms with Gasteiger partial charge in [0.25, 0.3) is 0 Å². The highest BCUT2D eigenvalue weighted by Crippen LogP contribution is 2.03. The fourth-order valence-electron chi connectivity index (χ4n) is 1.08. The van der Waals surface area contributed by atoms with Crippen LogP contribution in [0.4, 0.5) is 0 Å². The van der Waals surface area contributed by atoms with E-state index in [-0.39, 0.29) is 12.1 Å². The molecule has 1 saturated heterocycles. The van der Waals surface area contributed by atoms with E-state index in [9.17, 15) is 5.11 Å². The fourth-order valence-corrected chi connectivity index (χ4v) is 1.08. The van der Waals surface area contributed by atoms with Crippen molar-refractivity contribution in [2.45, 2.75) is 12.1 Å². The van der Waals surface area contributed by atoms with Gasteiger partial charge in [-0.3, -0.25) is 0 Å². The van der Waals surface area contributed by atoms with Crippen LogP contribution >= 0.6 is 0 Å². The first-order valence-electron chi connectivity index (χ1n) is 3.82. The van der Waals surface area contributed by atoms with Crippen molar-refractivity contribution in [2.24, 2.45) is 0 Å². The van der Waals surface area contributed by atoms with Crippen LogP contribution in [0.3, 0.4) is 0 Å². The highest BCUT2D eigenvalue weighted by Gasteiger charge is 2.24. The second-order valence-electron chi connectivity index (χ2n) is 2.66. The topological polar surface area (TPSA) is 50.7 Å². The van der Waals surface area contributed by atoms with Crippen LogP contribution in [0.2, 0.25) is 0 Å². The van der Waals surface area contributed by atoms with Crippen molar-refractivity contribution in [3.8, 4) is 0 Å². The minimum Gasteiger partial charge on any atom is -0.389 e. The molecule has 0 bridgehead atoms. The van der Waals surface area contributed by atoms with Gasteiger partial charge in [-0.25, -0.2) is 0 Å². The average molecular weight is 161 g/mol. The molecule has 4 nitrogen and oxygen atoms in total. The van der Waals surface area contributed by atoms with Crippen LogP contribution in [0.25, 0.3) is 0 Å². The first-order chi connectivity index (χ1) is 5.34. The molecular weight excluding hydrogens is 146 g/mol. The molecule has 0 amide bonds. The van der Waals surface area contributed by atoms with Crippen LogP contribution in [-0.2, 0) is 9.47 Å². The zero-order valence-corrected chi connectivity index (χ0v) is 6.75. The second kappa shape index (κ2) is 4.66. The van der Waals surface area contributed by atoms with Crippen molar-refractivity contribution >= 4 is 0 Å². The number of aliphatic hydroxyl groups is 1. The van der Waals surface area contributed by atoms with Crippen molar-refractivity contribution in [2.75, 3.05) is 33.5 Å². The van der Waals surface area contributed by atoms with Crippen molar-refractivity contribution in [1.82, 2.24) is 5.32 Å². The molecule has 0 aromatic rings. The third-order valence-corrected chi connectivity index (χ3v) is 1.76. The van der Waals surface area contributed by atoms with E-state index in [1.165, 1.54) is 0 Å². The average Bonchev–Trinajstić information content (AvgIpc) is 2.37. The number of methoxy groups -OCH3 is 1. The molecule has 11 heavy (non-hydrogen) atoms. The Bertz CT molecular complexity index is 110. The molecule has 66 valence electrons. The van der Waals surface area contributed by atoms with Crippen molar-refractivity contribution in [3.05, 3.63) is 0 Å². The van der Waals surface area contributed by atoms with E-state index in [0.29, 0.717) is 19.8 Å². The quantitative estimate of drug-likeness (QED) is 0.518. The first kappa shape index (κ1) is 8.93. The van der Waals surface area contributed by atoms with Gasteiger partial charge in [0.2, 0.25) is 0 Å². The summed E-state index contributed by atoms with van der Waals surface area (Å²) in [7, 11) is 1.66. The zero-order chi connectivity index (χ0) is 8.10. The zero-order valence-electron chi connectivity index (χ0n) is 6.75. The Hall–Kier alpha value is -0.160. The summed E-state index contributed by atoms with van der Waals surface area (Å²) in [5, 5.41) is 12.4. The number of hydrogen-bond donors (Lipinski definition) is 2. The first-order valence-corrected chi connectivity index (χ1v) is 3.82. The Labute approximate surface area is 66.5 Å². The number of rotatable bonds is 4. The lowest BCUT2D eigenvalue weighted by molar-refractivity contribution is 0.121. The molecular formula is C7H15NO3. The Balaban J connectivity index is 2.05. The third-order valence-electron chi connectivity index (χ3n) is 1.76. The molecule has 0 spiro atoms. The summed E-state index contributed by atoms with van der Waals surface area (Å²) in [5.41, 5.74) is 0. The van der Waals surface area contributed by atoms with E-state index in [4.69, 9.17) is 9.47 Å². The molecule has 4 heteroatoms. The van der Waals surface area contributed by atoms with Gasteiger partial charge < -0.3 is 19.9 Å². The number of aliphatic hydroxyl groups excluding tert-OH is 1. The monoisotopic (exact) mass is 161 g/mol. The fraction of sp³-hybridized carbons (Fsp3) is 1.00. The number of hydrogen-bond acceptors (Lipinski definition) is 4. The summed E-state index contributed by atoms with van der Waals surface area (Å²) in [6.45, 7) is 2.49. The number of ether oxygens (including phenoxy) is 2. The standard InChI is InChI=1S/C7H15NO3/c1-10-3-2-8-6-4-11-5-7(6)9/h6-9H,2-5H2,1H3/t6-,7-/m1/s1. The van der Waals surface area contributed by atoms with Gasteiger partial charge >= 0.3 is 0 Å². The molecule has 1 aliphatic rings. The molecule has 0 aromatic heterocycles. The lowest BCUT2D eigenvalue weighted by atomic mass is 10.2. The summed E-state index contributed by atoms with van der Waals surface area (Å²) < 4.78 is 9.90. The third kappa shape index (κ3) is 2.75. The van der Waals surface area contributed by atoms with Crippen molar-refractivity contribution in [3.63, 3.8) is 0 Å². The maximum absolute atomic E-state index is 9.26. The maximum Gasteiger partial charge on any atom is 0.0948 e. The van der Waals surface area contributed by atoms with Crippen molar-refractivity contribution in [1.29, 1.82) is 0 Å². The molecule has 1 rings (SSSR count). The van der Waals surface area contributed by atoms with E-state index in [0.717, 1.165) is 6.54 Å². The molecule has 0 aliphatic carbocycles. The smallest absolute Gasteiger partial charge is 0.0948 e. The lowest BCUT2D eigenvalue weighted by Crippen LogP contribution is -2.40. The van der Waals surface area contributed by atoms with E-state index < -0.39 is 0 Å². The van der Waals surface area contributed by atoms with Gasteiger partial charge in [0.05, 0.1) is 32.0 Å². The Morgan fingerprint density at radius 1 is 1.64 bits per heavy atom. The summed E-state index contributed by atoms with van der Waals surface area (Å²) in [4.78, 5) is 0. The van der Waals surface area contributed by atoms with Crippen molar-refractivity contribution < 1.29 is 14.6 Å². The molecule has 0 saturated carbocycles. The van der Waals surface area contributed by atoms with Crippen LogP contribution in [0, 0.1) is 0 Å². The molecule has 0 aromatic carbocycles.